The van der Waals surface area contributed by atoms with Gasteiger partial charge in [0.25, 0.3) is 0 Å². The molecule has 3 nitrogen and oxygen atoms in total. The van der Waals surface area contributed by atoms with Crippen LogP contribution in [0.15, 0.2) is 0 Å². The Labute approximate surface area is 49.9 Å². The highest BCUT2D eigenvalue weighted by molar-refractivity contribution is 4.36. The average molecular weight is 119 g/mol. The molecule has 8 heavy (non-hydrogen) atoms. The summed E-state index contributed by atoms with van der Waals surface area (Å²) in [5, 5.41) is 8.14. The molecular formula is C5H13NO2. The molecule has 0 aromatic rings. The summed E-state index contributed by atoms with van der Waals surface area (Å²) in [4.78, 5) is 2.00. The van der Waals surface area contributed by atoms with Gasteiger partial charge in [-0.2, -0.15) is 0 Å². The van der Waals surface area contributed by atoms with Crippen molar-refractivity contribution < 1.29 is 9.84 Å². The summed E-state index contributed by atoms with van der Waals surface area (Å²) in [6.07, 6.45) is 0. The fraction of sp³-hybridized carbons (Fsp3) is 1.00. The van der Waals surface area contributed by atoms with Gasteiger partial charge in [-0.05, 0) is 14.1 Å². The molecule has 0 spiro atoms. The Morgan fingerprint density at radius 1 is 1.50 bits per heavy atom. The molecule has 0 aliphatic rings. The van der Waals surface area contributed by atoms with Crippen molar-refractivity contribution in [2.24, 2.45) is 0 Å². The van der Waals surface area contributed by atoms with Crippen LogP contribution in [0.1, 0.15) is 0 Å². The van der Waals surface area contributed by atoms with Gasteiger partial charge in [0.1, 0.15) is 6.79 Å². The maximum Gasteiger partial charge on any atom is 0.143 e. The van der Waals surface area contributed by atoms with Crippen LogP contribution in [-0.2, 0) is 4.74 Å². The zero-order valence-electron chi connectivity index (χ0n) is 5.42. The largest absolute Gasteiger partial charge is 0.371 e. The molecule has 1 N–H and O–H groups in total. The summed E-state index contributed by atoms with van der Waals surface area (Å²) in [6.45, 7) is 1.29. The average Bonchev–Trinajstić information content (AvgIpc) is 1.66. The molecule has 50 valence electrons. The van der Waals surface area contributed by atoms with Gasteiger partial charge in [-0.3, -0.25) is 0 Å². The molecule has 0 aliphatic heterocycles. The van der Waals surface area contributed by atoms with E-state index in [1.165, 1.54) is 0 Å². The van der Waals surface area contributed by atoms with Crippen molar-refractivity contribution in [2.45, 2.75) is 0 Å². The van der Waals surface area contributed by atoms with Gasteiger partial charge >= 0.3 is 0 Å². The van der Waals surface area contributed by atoms with E-state index in [9.17, 15) is 0 Å². The molecule has 0 heterocycles. The topological polar surface area (TPSA) is 32.7 Å². The lowest BCUT2D eigenvalue weighted by atomic mass is 10.6. The Balaban J connectivity index is 2.72. The minimum absolute atomic E-state index is 0.173. The second-order valence-electron chi connectivity index (χ2n) is 1.84. The van der Waals surface area contributed by atoms with Gasteiger partial charge in [0, 0.05) is 6.54 Å². The van der Waals surface area contributed by atoms with Crippen LogP contribution in [-0.4, -0.2) is 44.0 Å². The van der Waals surface area contributed by atoms with E-state index in [1.807, 2.05) is 19.0 Å². The van der Waals surface area contributed by atoms with Crippen molar-refractivity contribution in [2.75, 3.05) is 34.0 Å². The van der Waals surface area contributed by atoms with Crippen LogP contribution in [0.5, 0.6) is 0 Å². The van der Waals surface area contributed by atoms with Crippen LogP contribution in [0.2, 0.25) is 0 Å². The summed E-state index contributed by atoms with van der Waals surface area (Å²) < 4.78 is 4.66. The van der Waals surface area contributed by atoms with E-state index in [4.69, 9.17) is 5.11 Å². The third kappa shape index (κ3) is 5.88. The van der Waals surface area contributed by atoms with Crippen LogP contribution in [0.3, 0.4) is 0 Å². The predicted octanol–water partition coefficient (Wildman–Crippen LogP) is -0.486. The monoisotopic (exact) mass is 119 g/mol. The van der Waals surface area contributed by atoms with Gasteiger partial charge in [-0.25, -0.2) is 0 Å². The first-order valence-electron chi connectivity index (χ1n) is 2.60. The Kier molecular flexibility index (Phi) is 4.95. The molecule has 0 saturated heterocycles. The maximum absolute atomic E-state index is 8.14. The SMILES string of the molecule is CN(C)CCOCO. The summed E-state index contributed by atoms with van der Waals surface area (Å²) in [5.41, 5.74) is 0. The minimum atomic E-state index is -0.173. The summed E-state index contributed by atoms with van der Waals surface area (Å²) >= 11 is 0. The molecule has 0 amide bonds. The van der Waals surface area contributed by atoms with Crippen molar-refractivity contribution in [1.82, 2.24) is 4.90 Å². The molecule has 0 radical (unpaired) electrons. The van der Waals surface area contributed by atoms with Gasteiger partial charge in [0.15, 0.2) is 0 Å². The van der Waals surface area contributed by atoms with Crippen molar-refractivity contribution in [1.29, 1.82) is 0 Å². The Hall–Kier alpha value is -0.120. The molecule has 0 aromatic carbocycles. The lowest BCUT2D eigenvalue weighted by molar-refractivity contribution is -0.00616. The third-order valence-electron chi connectivity index (χ3n) is 0.774. The van der Waals surface area contributed by atoms with Crippen molar-refractivity contribution in [3.63, 3.8) is 0 Å². The van der Waals surface area contributed by atoms with Gasteiger partial charge in [0.2, 0.25) is 0 Å². The summed E-state index contributed by atoms with van der Waals surface area (Å²) in [6, 6.07) is 0. The third-order valence-corrected chi connectivity index (χ3v) is 0.774. The number of aliphatic hydroxyl groups excluding tert-OH is 1. The van der Waals surface area contributed by atoms with E-state index in [0.717, 1.165) is 6.54 Å². The zero-order valence-corrected chi connectivity index (χ0v) is 5.42. The van der Waals surface area contributed by atoms with E-state index in [1.54, 1.807) is 0 Å². The van der Waals surface area contributed by atoms with Gasteiger partial charge in [0.05, 0.1) is 6.61 Å². The standard InChI is InChI=1S/C5H13NO2/c1-6(2)3-4-8-5-7/h7H,3-5H2,1-2H3. The number of hydrogen-bond donors (Lipinski definition) is 1. The summed E-state index contributed by atoms with van der Waals surface area (Å²) in [5.74, 6) is 0. The number of likely N-dealkylation sites (N-methyl/N-ethyl adjacent to an activating group) is 1. The maximum atomic E-state index is 8.14. The van der Waals surface area contributed by atoms with Crippen LogP contribution >= 0.6 is 0 Å². The van der Waals surface area contributed by atoms with Gasteiger partial charge in [-0.1, -0.05) is 0 Å². The van der Waals surface area contributed by atoms with E-state index in [2.05, 4.69) is 4.74 Å². The van der Waals surface area contributed by atoms with Crippen LogP contribution in [0, 0.1) is 0 Å². The Bertz CT molecular complexity index is 47.7. The number of aliphatic hydroxyl groups is 1. The molecule has 3 heteroatoms. The molecule has 0 aromatic heterocycles. The molecule has 0 fully saturated rings. The first kappa shape index (κ1) is 7.88. The van der Waals surface area contributed by atoms with Crippen LogP contribution in [0.25, 0.3) is 0 Å². The lowest BCUT2D eigenvalue weighted by Gasteiger charge is -2.07. The van der Waals surface area contributed by atoms with E-state index < -0.39 is 0 Å². The molecule has 0 rings (SSSR count). The molecule has 0 saturated carbocycles. The second-order valence-corrected chi connectivity index (χ2v) is 1.84. The van der Waals surface area contributed by atoms with E-state index >= 15 is 0 Å². The zero-order chi connectivity index (χ0) is 6.41. The first-order chi connectivity index (χ1) is 3.77. The second kappa shape index (κ2) is 5.03. The molecule has 0 aliphatic carbocycles. The fourth-order valence-corrected chi connectivity index (χ4v) is 0.312. The number of rotatable bonds is 4. The molecule has 0 atom stereocenters. The molecular weight excluding hydrogens is 106 g/mol. The highest BCUT2D eigenvalue weighted by Crippen LogP contribution is 1.74. The Morgan fingerprint density at radius 3 is 2.50 bits per heavy atom. The van der Waals surface area contributed by atoms with Gasteiger partial charge < -0.3 is 14.7 Å². The number of hydrogen-bond acceptors (Lipinski definition) is 3. The van der Waals surface area contributed by atoms with Crippen molar-refractivity contribution >= 4 is 0 Å². The molecule has 0 bridgehead atoms. The highest BCUT2D eigenvalue weighted by atomic mass is 16.6. The van der Waals surface area contributed by atoms with Crippen LogP contribution in [0.4, 0.5) is 0 Å². The normalized spacial score (nSPS) is 10.5. The van der Waals surface area contributed by atoms with Gasteiger partial charge in [-0.15, -0.1) is 0 Å². The smallest absolute Gasteiger partial charge is 0.143 e. The first-order valence-corrected chi connectivity index (χ1v) is 2.60. The minimum Gasteiger partial charge on any atom is -0.371 e. The Morgan fingerprint density at radius 2 is 2.12 bits per heavy atom. The van der Waals surface area contributed by atoms with E-state index in [0.29, 0.717) is 6.61 Å². The molecule has 0 unspecified atom stereocenters. The number of nitrogens with zero attached hydrogens (tertiary/aromatic N) is 1. The fourth-order valence-electron chi connectivity index (χ4n) is 0.312. The lowest BCUT2D eigenvalue weighted by Crippen LogP contribution is -2.18. The van der Waals surface area contributed by atoms with Crippen molar-refractivity contribution in [3.8, 4) is 0 Å². The van der Waals surface area contributed by atoms with Crippen molar-refractivity contribution in [3.05, 3.63) is 0 Å². The van der Waals surface area contributed by atoms with E-state index in [-0.39, 0.29) is 6.79 Å². The summed E-state index contributed by atoms with van der Waals surface area (Å²) in [7, 11) is 3.92. The number of ether oxygens (including phenoxy) is 1. The quantitative estimate of drug-likeness (QED) is 0.400. The predicted molar refractivity (Wildman–Crippen MR) is 31.6 cm³/mol. The highest BCUT2D eigenvalue weighted by Gasteiger charge is 1.86. The van der Waals surface area contributed by atoms with Crippen LogP contribution < -0.4 is 0 Å².